The minimum atomic E-state index is -0.559. The van der Waals surface area contributed by atoms with Crippen molar-refractivity contribution in [3.05, 3.63) is 24.3 Å². The summed E-state index contributed by atoms with van der Waals surface area (Å²) < 4.78 is 0. The van der Waals surface area contributed by atoms with Crippen LogP contribution in [-0.4, -0.2) is 48.3 Å². The molecule has 0 aromatic heterocycles. The third-order valence-corrected chi connectivity index (χ3v) is 5.18. The Bertz CT molecular complexity index is 659. The Balaban J connectivity index is 1.83. The Morgan fingerprint density at radius 1 is 1.07 bits per heavy atom. The molecule has 1 heterocycles. The Labute approximate surface area is 174 Å². The van der Waals surface area contributed by atoms with Crippen LogP contribution in [0.25, 0.3) is 0 Å². The molecule has 1 aromatic rings. The second kappa shape index (κ2) is 9.64. The van der Waals surface area contributed by atoms with E-state index in [1.54, 1.807) is 6.92 Å². The van der Waals surface area contributed by atoms with Crippen LogP contribution < -0.4 is 10.2 Å². The highest BCUT2D eigenvalue weighted by atomic mass is 35.5. The molecule has 0 saturated carbocycles. The van der Waals surface area contributed by atoms with Crippen LogP contribution in [0.4, 0.5) is 11.4 Å². The van der Waals surface area contributed by atoms with Crippen molar-refractivity contribution in [1.29, 1.82) is 0 Å². The van der Waals surface area contributed by atoms with Gasteiger partial charge in [-0.3, -0.25) is 9.59 Å². The summed E-state index contributed by atoms with van der Waals surface area (Å²) in [6.45, 7) is 13.6. The van der Waals surface area contributed by atoms with Gasteiger partial charge in [0, 0.05) is 44.0 Å². The van der Waals surface area contributed by atoms with Gasteiger partial charge in [-0.05, 0) is 48.9 Å². The van der Waals surface area contributed by atoms with E-state index in [2.05, 4.69) is 37.9 Å². The van der Waals surface area contributed by atoms with E-state index in [-0.39, 0.29) is 17.2 Å². The highest BCUT2D eigenvalue weighted by Crippen LogP contribution is 2.27. The number of hydrogen-bond donors (Lipinski definition) is 1. The molecule has 1 N–H and O–H groups in total. The standard InChI is InChI=1S/C22H34ClN3O2/c1-16(15-22(3,4)5)14-20(27)26-12-10-25(11-13-26)19-8-6-18(7-9-19)24-21(28)17(2)23/h6-9,16-17H,10-15H2,1-5H3,(H,24,28)/t16-,17-/m0/s1. The molecule has 0 unspecified atom stereocenters. The van der Waals surface area contributed by atoms with Crippen LogP contribution in [0.3, 0.4) is 0 Å². The zero-order chi connectivity index (χ0) is 20.9. The van der Waals surface area contributed by atoms with E-state index in [4.69, 9.17) is 11.6 Å². The number of piperazine rings is 1. The molecule has 5 nitrogen and oxygen atoms in total. The predicted molar refractivity (Wildman–Crippen MR) is 117 cm³/mol. The van der Waals surface area contributed by atoms with Gasteiger partial charge >= 0.3 is 0 Å². The number of carbonyl (C=O) groups is 2. The third kappa shape index (κ3) is 7.01. The van der Waals surface area contributed by atoms with E-state index in [0.29, 0.717) is 12.3 Å². The van der Waals surface area contributed by atoms with Gasteiger partial charge in [-0.25, -0.2) is 0 Å². The van der Waals surface area contributed by atoms with Crippen molar-refractivity contribution < 1.29 is 9.59 Å². The van der Waals surface area contributed by atoms with Gasteiger partial charge < -0.3 is 15.1 Å². The topological polar surface area (TPSA) is 52.7 Å². The van der Waals surface area contributed by atoms with Gasteiger partial charge in [-0.15, -0.1) is 11.6 Å². The Hall–Kier alpha value is -1.75. The summed E-state index contributed by atoms with van der Waals surface area (Å²) >= 11 is 5.78. The van der Waals surface area contributed by atoms with Gasteiger partial charge in [0.05, 0.1) is 0 Å². The lowest BCUT2D eigenvalue weighted by Gasteiger charge is -2.37. The number of carbonyl (C=O) groups excluding carboxylic acids is 2. The fourth-order valence-electron chi connectivity index (χ4n) is 3.76. The number of halogens is 1. The summed E-state index contributed by atoms with van der Waals surface area (Å²) in [7, 11) is 0. The first-order valence-corrected chi connectivity index (χ1v) is 10.6. The van der Waals surface area contributed by atoms with Gasteiger partial charge in [0.25, 0.3) is 0 Å². The second-order valence-corrected chi connectivity index (χ2v) is 9.75. The first-order valence-electron chi connectivity index (χ1n) is 10.1. The molecule has 0 bridgehead atoms. The number of amides is 2. The number of anilines is 2. The van der Waals surface area contributed by atoms with Crippen LogP contribution in [0.1, 0.15) is 47.5 Å². The molecule has 2 atom stereocenters. The highest BCUT2D eigenvalue weighted by Gasteiger charge is 2.24. The monoisotopic (exact) mass is 407 g/mol. The van der Waals surface area contributed by atoms with E-state index >= 15 is 0 Å². The lowest BCUT2D eigenvalue weighted by molar-refractivity contribution is -0.132. The summed E-state index contributed by atoms with van der Waals surface area (Å²) in [5.74, 6) is 0.468. The molecule has 28 heavy (non-hydrogen) atoms. The molecule has 1 aliphatic rings. The number of rotatable bonds is 6. The molecule has 6 heteroatoms. The van der Waals surface area contributed by atoms with Crippen LogP contribution in [0.2, 0.25) is 0 Å². The molecule has 1 aliphatic heterocycles. The summed E-state index contributed by atoms with van der Waals surface area (Å²) in [5.41, 5.74) is 2.10. The highest BCUT2D eigenvalue weighted by molar-refractivity contribution is 6.32. The summed E-state index contributed by atoms with van der Waals surface area (Å²) in [5, 5.41) is 2.23. The fraction of sp³-hybridized carbons (Fsp3) is 0.636. The molecule has 0 radical (unpaired) electrons. The molecule has 1 aromatic carbocycles. The van der Waals surface area contributed by atoms with Gasteiger partial charge in [0.2, 0.25) is 11.8 Å². The molecule has 156 valence electrons. The van der Waals surface area contributed by atoms with Crippen LogP contribution in [0, 0.1) is 11.3 Å². The molecule has 2 amide bonds. The predicted octanol–water partition coefficient (Wildman–Crippen LogP) is 4.36. The van der Waals surface area contributed by atoms with Crippen molar-refractivity contribution in [2.45, 2.75) is 52.8 Å². The average Bonchev–Trinajstić information content (AvgIpc) is 2.60. The van der Waals surface area contributed by atoms with Crippen LogP contribution in [-0.2, 0) is 9.59 Å². The summed E-state index contributed by atoms with van der Waals surface area (Å²) in [6, 6.07) is 7.77. The van der Waals surface area contributed by atoms with Crippen LogP contribution in [0.15, 0.2) is 24.3 Å². The molecular formula is C22H34ClN3O2. The number of alkyl halides is 1. The third-order valence-electron chi connectivity index (χ3n) is 4.98. The lowest BCUT2D eigenvalue weighted by atomic mass is 9.84. The van der Waals surface area contributed by atoms with Crippen molar-refractivity contribution in [2.24, 2.45) is 11.3 Å². The van der Waals surface area contributed by atoms with Gasteiger partial charge in [0.15, 0.2) is 0 Å². The molecule has 0 aliphatic carbocycles. The van der Waals surface area contributed by atoms with Gasteiger partial charge in [-0.1, -0.05) is 27.7 Å². The van der Waals surface area contributed by atoms with E-state index in [1.165, 1.54) is 0 Å². The minimum absolute atomic E-state index is 0.206. The molecular weight excluding hydrogens is 374 g/mol. The first-order chi connectivity index (χ1) is 13.0. The van der Waals surface area contributed by atoms with Crippen LogP contribution >= 0.6 is 11.6 Å². The van der Waals surface area contributed by atoms with Gasteiger partial charge in [-0.2, -0.15) is 0 Å². The maximum absolute atomic E-state index is 12.6. The summed E-state index contributed by atoms with van der Waals surface area (Å²) in [6.07, 6.45) is 1.69. The maximum Gasteiger partial charge on any atom is 0.242 e. The van der Waals surface area contributed by atoms with E-state index < -0.39 is 5.38 Å². The van der Waals surface area contributed by atoms with Crippen molar-refractivity contribution in [3.8, 4) is 0 Å². The Morgan fingerprint density at radius 2 is 1.64 bits per heavy atom. The zero-order valence-corrected chi connectivity index (χ0v) is 18.6. The SMILES string of the molecule is C[C@@H](CC(=O)N1CCN(c2ccc(NC(=O)[C@H](C)Cl)cc2)CC1)CC(C)(C)C. The zero-order valence-electron chi connectivity index (χ0n) is 17.8. The van der Waals surface area contributed by atoms with Crippen molar-refractivity contribution in [3.63, 3.8) is 0 Å². The van der Waals surface area contributed by atoms with Crippen molar-refractivity contribution >= 4 is 34.8 Å². The quantitative estimate of drug-likeness (QED) is 0.712. The van der Waals surface area contributed by atoms with Gasteiger partial charge in [0.1, 0.15) is 5.38 Å². The van der Waals surface area contributed by atoms with E-state index in [9.17, 15) is 9.59 Å². The molecule has 0 spiro atoms. The minimum Gasteiger partial charge on any atom is -0.368 e. The molecule has 2 rings (SSSR count). The van der Waals surface area contributed by atoms with Crippen molar-refractivity contribution in [1.82, 2.24) is 4.90 Å². The number of nitrogens with zero attached hydrogens (tertiary/aromatic N) is 2. The fourth-order valence-corrected chi connectivity index (χ4v) is 3.81. The average molecular weight is 408 g/mol. The Morgan fingerprint density at radius 3 is 2.14 bits per heavy atom. The smallest absolute Gasteiger partial charge is 0.242 e. The second-order valence-electron chi connectivity index (χ2n) is 9.09. The van der Waals surface area contributed by atoms with Crippen LogP contribution in [0.5, 0.6) is 0 Å². The maximum atomic E-state index is 12.6. The normalized spacial score (nSPS) is 17.2. The lowest BCUT2D eigenvalue weighted by Crippen LogP contribution is -2.49. The van der Waals surface area contributed by atoms with E-state index in [1.807, 2.05) is 29.2 Å². The number of benzene rings is 1. The first kappa shape index (κ1) is 22.5. The molecule has 1 saturated heterocycles. The molecule has 1 fully saturated rings. The summed E-state index contributed by atoms with van der Waals surface area (Å²) in [4.78, 5) is 28.5. The van der Waals surface area contributed by atoms with Crippen molar-refractivity contribution in [2.75, 3.05) is 36.4 Å². The number of nitrogens with one attached hydrogen (secondary N) is 1. The Kier molecular flexibility index (Phi) is 7.76. The number of hydrogen-bond acceptors (Lipinski definition) is 3. The largest absolute Gasteiger partial charge is 0.368 e. The van der Waals surface area contributed by atoms with E-state index in [0.717, 1.165) is 44.0 Å².